The number of benzene rings is 2. The Morgan fingerprint density at radius 3 is 1.10 bits per heavy atom. The third kappa shape index (κ3) is 41.3. The largest absolute Gasteiger partial charge is 0.497 e. The van der Waals surface area contributed by atoms with E-state index in [-0.39, 0.29) is 179 Å². The molecule has 47 heteroatoms. The first-order valence-corrected chi connectivity index (χ1v) is 42.6. The topological polar surface area (TPSA) is 845 Å². The van der Waals surface area contributed by atoms with Gasteiger partial charge >= 0.3 is 0 Å². The smallest absolute Gasteiger partial charge is 0.263 e. The van der Waals surface area contributed by atoms with Crippen LogP contribution in [0.15, 0.2) is 111 Å². The lowest BCUT2D eigenvalue weighted by atomic mass is 9.99. The van der Waals surface area contributed by atoms with Gasteiger partial charge in [-0.05, 0) is 172 Å². The maximum atomic E-state index is 12.2. The third-order valence-electron chi connectivity index (χ3n) is 19.4. The maximum Gasteiger partial charge on any atom is 0.263 e. The van der Waals surface area contributed by atoms with Gasteiger partial charge in [0.15, 0.2) is 47.6 Å². The molecule has 2 aromatic carbocycles. The van der Waals surface area contributed by atoms with Crippen molar-refractivity contribution in [3.05, 3.63) is 71.4 Å². The molecule has 2 heterocycles. The molecule has 0 unspecified atom stereocenters. The zero-order valence-corrected chi connectivity index (χ0v) is 72.2. The molecule has 1 aromatic heterocycles. The summed E-state index contributed by atoms with van der Waals surface area (Å²) < 4.78 is 3.40. The highest BCUT2D eigenvalue weighted by Crippen LogP contribution is 2.35. The summed E-state index contributed by atoms with van der Waals surface area (Å²) in [6.45, 7) is 1.02. The number of aromatic nitrogens is 1. The summed E-state index contributed by atoms with van der Waals surface area (Å²) in [4.78, 5) is 45.8. The van der Waals surface area contributed by atoms with Crippen molar-refractivity contribution in [3.63, 3.8) is 0 Å². The number of fused-ring (bicyclic) bond motifs is 2. The summed E-state index contributed by atoms with van der Waals surface area (Å²) in [5.74, 6) is -11.4. The first-order chi connectivity index (χ1) is 60.1. The standard InChI is InChI=1S/C79H132N34O12S/c1-112-59-29-6-7-30-60(59)126-64(112)45-47-34-44-113(58-28-5-4-19-48(47)58)43-12-2-3-31-62(115)102-46-63(116)103-50(23-14-38-97-75(86)87)66(118)105-51(20-8-10-35-80)68(120)106-52(21-9-11-36-81)69(121)108-54(25-16-40-99-77(90)91)70(122)109-56(27-18-42-101-79(94)95)72(124)111-57(32-33-61(82)114)73(125)110-55(26-17-41-100-78(92)93)71(123)107-53(24-15-39-98-76(88)89)67(119)104-49(65(83)117)22-13-37-96-74(84)85/h4-7,19,28-30,34,44-45,49-57H,2-3,8-18,20-27,31-33,35-43,46,80-81H2,1H3,(H37-,82,83,84,85,86,87,88,89,90,91,92,93,94,95,96,97,98,99,100,101,102,103,104,105,106,107,108,109,110,111,114,115,116,117,118,119,120,121,122,123,124,125)/p+1/t49-,50-,51-,52-,53-,54-,55-,56-,57-/m0/s1. The zero-order valence-electron chi connectivity index (χ0n) is 71.3. The minimum Gasteiger partial charge on any atom is -0.497 e. The number of allylic oxidation sites excluding steroid dienone is 2. The van der Waals surface area contributed by atoms with E-state index in [0.29, 0.717) is 32.2 Å². The van der Waals surface area contributed by atoms with Crippen LogP contribution in [0.3, 0.4) is 0 Å². The van der Waals surface area contributed by atoms with E-state index in [9.17, 15) is 61.3 Å². The number of nitrogens with zero attached hydrogens (tertiary/aromatic N) is 12. The number of unbranched alkanes of at least 4 members (excludes halogenated alkanes) is 4. The number of nitrogens with two attached hydrogens (primary N) is 8. The number of hydrogen-bond acceptors (Lipinski definition) is 22. The van der Waals surface area contributed by atoms with Crippen molar-refractivity contribution in [2.24, 2.45) is 103 Å². The average molecular weight is 1780 g/mol. The normalized spacial score (nSPS) is 15.9. The number of aliphatic imine (C=N–C) groups is 10. The molecule has 9 atom stereocenters. The van der Waals surface area contributed by atoms with Gasteiger partial charge in [-0.1, -0.05) is 48.1 Å². The highest BCUT2D eigenvalue weighted by atomic mass is 32.1. The van der Waals surface area contributed by atoms with Crippen molar-refractivity contribution in [1.82, 2.24) is 31.9 Å². The number of thiazole rings is 1. The van der Waals surface area contributed by atoms with Gasteiger partial charge < -0.3 is 144 Å². The van der Waals surface area contributed by atoms with E-state index in [0.717, 1.165) is 40.2 Å². The van der Waals surface area contributed by atoms with Gasteiger partial charge in [-0.3, -0.25) is 43.3 Å². The molecule has 0 saturated heterocycles. The van der Waals surface area contributed by atoms with Gasteiger partial charge in [0, 0.05) is 88.2 Å². The van der Waals surface area contributed by atoms with Crippen LogP contribution in [0, 0.1) is 43.3 Å². The van der Waals surface area contributed by atoms with Crippen molar-refractivity contribution in [3.8, 4) is 0 Å². The average Bonchev–Trinajstić information content (AvgIpc) is 1.58. The molecule has 696 valence electrons. The van der Waals surface area contributed by atoms with Crippen LogP contribution in [0.2, 0.25) is 0 Å². The number of guanidine groups is 6. The number of anilines is 1. The molecule has 3 aromatic rings. The Morgan fingerprint density at radius 2 is 0.738 bits per heavy atom. The Hall–Kier alpha value is -13.2. The predicted octanol–water partition coefficient (Wildman–Crippen LogP) is 4.73. The van der Waals surface area contributed by atoms with E-state index < -0.39 is 157 Å². The van der Waals surface area contributed by atoms with Crippen LogP contribution < -0.4 is 87.2 Å². The van der Waals surface area contributed by atoms with Gasteiger partial charge in [0.2, 0.25) is 64.5 Å². The second kappa shape index (κ2) is 58.0. The first-order valence-electron chi connectivity index (χ1n) is 41.8. The Balaban J connectivity index is 1.77. The lowest BCUT2D eigenvalue weighted by molar-refractivity contribution is -0.642. The molecule has 0 aliphatic carbocycles. The molecule has 126 heavy (non-hydrogen) atoms. The number of aryl methyl sites for hydroxylation is 1. The predicted molar refractivity (Wildman–Crippen MR) is 503 cm³/mol. The Bertz CT molecular complexity index is 4410. The number of para-hydroxylation sites is 2. The molecule has 1 aliphatic rings. The minimum atomic E-state index is -1.71. The molecule has 1 aliphatic heterocycles. The summed E-state index contributed by atoms with van der Waals surface area (Å²) >= 11 is 1.73. The number of hydrogen-bond donors (Lipinski definition) is 34. The fourth-order valence-corrected chi connectivity index (χ4v) is 13.9. The fourth-order valence-electron chi connectivity index (χ4n) is 12.8. The lowest BCUT2D eigenvalue weighted by Gasteiger charge is -2.27. The molecule has 46 nitrogen and oxygen atoms in total. The van der Waals surface area contributed by atoms with E-state index in [4.69, 9.17) is 89.1 Å². The van der Waals surface area contributed by atoms with Crippen LogP contribution in [0.25, 0.3) is 21.9 Å². The van der Waals surface area contributed by atoms with Crippen LogP contribution >= 0.6 is 11.3 Å². The van der Waals surface area contributed by atoms with Crippen LogP contribution in [0.5, 0.6) is 0 Å². The molecule has 0 radical (unpaired) electrons. The Kier molecular flexibility index (Phi) is 48.4. The Morgan fingerprint density at radius 1 is 0.397 bits per heavy atom. The van der Waals surface area contributed by atoms with Crippen molar-refractivity contribution < 1.29 is 65.8 Å². The summed E-state index contributed by atoms with van der Waals surface area (Å²) in [5, 5.41) is 217. The van der Waals surface area contributed by atoms with Gasteiger partial charge in [0.05, 0.1) is 0 Å². The molecular formula is C79H133N34O12S+. The second-order valence-electron chi connectivity index (χ2n) is 29.6. The van der Waals surface area contributed by atoms with E-state index in [1.807, 2.05) is 24.3 Å². The molecule has 0 fully saturated rings. The highest BCUT2D eigenvalue weighted by molar-refractivity contribution is 7.18. The number of rotatable bonds is 62. The van der Waals surface area contributed by atoms with Gasteiger partial charge in [-0.25, -0.2) is 49.9 Å². The molecule has 0 bridgehead atoms. The minimum absolute atomic E-state index is 0.00560. The SMILES string of the molecule is C[n+]1c(C=C2C=CN(CCCCCC(O)=NCC(O)=N[C@@H](CCCNC(=N)N)C(O)=N[C@@H](CCCCN)C(O)=N[C@@H](CCCCN)C(O)=N[C@@H](CCCNC(=N)N)C(O)=N[C@@H](CCCNC(=N)N)C(O)=N[C@@H](CCC(=N)O)C(O)=N[C@@H](CCCNC(=N)N)C(O)=N[C@@H](CCCNC(=N)N)C(O)=N[C@@H](CCCNC(=N)N)C(=N)O)c3ccccc32)sc2ccccc21. The van der Waals surface area contributed by atoms with Crippen molar-refractivity contribution in [1.29, 1.82) is 43.3 Å². The van der Waals surface area contributed by atoms with E-state index in [1.54, 1.807) is 11.3 Å². The molecule has 0 amide bonds. The highest BCUT2D eigenvalue weighted by Gasteiger charge is 2.31. The van der Waals surface area contributed by atoms with E-state index >= 15 is 0 Å². The van der Waals surface area contributed by atoms with Crippen LogP contribution in [0.1, 0.15) is 165 Å². The van der Waals surface area contributed by atoms with Gasteiger partial charge in [-0.2, -0.15) is 4.57 Å². The monoisotopic (exact) mass is 1780 g/mol. The quantitative estimate of drug-likeness (QED) is 0.0157. The molecule has 42 N–H and O–H groups in total. The number of aliphatic hydroxyl groups is 12. The van der Waals surface area contributed by atoms with Gasteiger partial charge in [0.25, 0.3) is 5.01 Å². The van der Waals surface area contributed by atoms with Gasteiger partial charge in [-0.15, -0.1) is 0 Å². The summed E-state index contributed by atoms with van der Waals surface area (Å²) in [6.07, 6.45) is 9.07. The number of aliphatic hydroxyl groups excluding tert-OH is 12. The third-order valence-corrected chi connectivity index (χ3v) is 20.5. The summed E-state index contributed by atoms with van der Waals surface area (Å²) in [7, 11) is 2.07. The second-order valence-corrected chi connectivity index (χ2v) is 30.6. The van der Waals surface area contributed by atoms with Crippen LogP contribution in [-0.4, -0.2) is 288 Å². The zero-order chi connectivity index (χ0) is 93.0. The molecular weight excluding hydrogens is 1650 g/mol. The van der Waals surface area contributed by atoms with E-state index in [1.165, 1.54) is 4.70 Å². The van der Waals surface area contributed by atoms with Crippen molar-refractivity contribution >= 4 is 145 Å². The van der Waals surface area contributed by atoms with E-state index in [2.05, 4.69) is 141 Å². The van der Waals surface area contributed by atoms with Crippen molar-refractivity contribution in [2.45, 2.75) is 208 Å². The number of nitrogens with one attached hydrogen (secondary N) is 14. The molecule has 0 spiro atoms. The van der Waals surface area contributed by atoms with Crippen LogP contribution in [-0.2, 0) is 7.05 Å². The summed E-state index contributed by atoms with van der Waals surface area (Å²) in [6, 6.07) is 3.27. The summed E-state index contributed by atoms with van der Waals surface area (Å²) in [5.41, 5.74) is 49.5. The molecule has 0 saturated carbocycles. The molecule has 4 rings (SSSR count). The lowest BCUT2D eigenvalue weighted by Crippen LogP contribution is -2.34. The first kappa shape index (κ1) is 105. The van der Waals surface area contributed by atoms with Crippen LogP contribution in [0.4, 0.5) is 5.69 Å². The van der Waals surface area contributed by atoms with Crippen molar-refractivity contribution in [2.75, 3.05) is 70.3 Å². The maximum absolute atomic E-state index is 12.2. The van der Waals surface area contributed by atoms with Gasteiger partial charge in [0.1, 0.15) is 72.7 Å². The fraction of sp³-hybridized carbons (Fsp3) is 0.557. The Labute approximate surface area is 736 Å².